The number of fused-ring (bicyclic) bond motifs is 1. The highest BCUT2D eigenvalue weighted by molar-refractivity contribution is 5.46. The molecule has 2 aromatic heterocycles. The molecule has 0 bridgehead atoms. The van der Waals surface area contributed by atoms with Gasteiger partial charge in [0.25, 0.3) is 0 Å². The Morgan fingerprint density at radius 3 is 2.67 bits per heavy atom. The molecule has 3 fully saturated rings. The highest BCUT2D eigenvalue weighted by atomic mass is 15.3. The minimum atomic E-state index is 0.544. The molecule has 2 aromatic rings. The van der Waals surface area contributed by atoms with Crippen molar-refractivity contribution in [2.45, 2.75) is 37.6 Å². The summed E-state index contributed by atoms with van der Waals surface area (Å²) >= 11 is 0. The smallest absolute Gasteiger partial charge is 0.132 e. The number of pyridine rings is 1. The van der Waals surface area contributed by atoms with Crippen molar-refractivity contribution in [2.24, 2.45) is 5.92 Å². The van der Waals surface area contributed by atoms with Gasteiger partial charge in [-0.1, -0.05) is 6.07 Å². The molecule has 5 heteroatoms. The van der Waals surface area contributed by atoms with E-state index in [1.54, 1.807) is 6.33 Å². The zero-order valence-corrected chi connectivity index (χ0v) is 13.9. The molecule has 0 N–H and O–H groups in total. The summed E-state index contributed by atoms with van der Waals surface area (Å²) in [6.45, 7) is 3.28. The van der Waals surface area contributed by atoms with Gasteiger partial charge in [-0.15, -0.1) is 0 Å². The van der Waals surface area contributed by atoms with Crippen LogP contribution < -0.4 is 9.80 Å². The van der Waals surface area contributed by atoms with Crippen molar-refractivity contribution in [3.05, 3.63) is 42.5 Å². The van der Waals surface area contributed by atoms with Crippen molar-refractivity contribution in [3.63, 3.8) is 0 Å². The van der Waals surface area contributed by atoms with Gasteiger partial charge in [-0.3, -0.25) is 0 Å². The Kier molecular flexibility index (Phi) is 3.39. The predicted molar refractivity (Wildman–Crippen MR) is 94.3 cm³/mol. The van der Waals surface area contributed by atoms with Crippen LogP contribution in [0.2, 0.25) is 0 Å². The highest BCUT2D eigenvalue weighted by Gasteiger charge is 2.39. The molecule has 2 unspecified atom stereocenters. The van der Waals surface area contributed by atoms with Gasteiger partial charge in [0.05, 0.1) is 6.04 Å². The summed E-state index contributed by atoms with van der Waals surface area (Å²) in [5, 5.41) is 0. The van der Waals surface area contributed by atoms with Gasteiger partial charge >= 0.3 is 0 Å². The first-order chi connectivity index (χ1) is 11.9. The summed E-state index contributed by atoms with van der Waals surface area (Å²) < 4.78 is 0. The molecule has 1 aliphatic carbocycles. The average molecular weight is 321 g/mol. The van der Waals surface area contributed by atoms with Crippen LogP contribution in [0.15, 0.2) is 36.8 Å². The molecule has 3 aliphatic rings. The Hall–Kier alpha value is -2.17. The number of hydrogen-bond acceptors (Lipinski definition) is 5. The largest absolute Gasteiger partial charge is 0.355 e. The molecule has 2 atom stereocenters. The lowest BCUT2D eigenvalue weighted by atomic mass is 9.92. The Morgan fingerprint density at radius 2 is 1.83 bits per heavy atom. The second-order valence-electron chi connectivity index (χ2n) is 7.31. The number of rotatable bonds is 3. The van der Waals surface area contributed by atoms with Crippen molar-refractivity contribution < 1.29 is 0 Å². The predicted octanol–water partition coefficient (Wildman–Crippen LogP) is 2.85. The Morgan fingerprint density at radius 1 is 0.917 bits per heavy atom. The molecule has 2 saturated heterocycles. The maximum atomic E-state index is 4.60. The first-order valence-corrected chi connectivity index (χ1v) is 9.13. The van der Waals surface area contributed by atoms with E-state index in [1.807, 2.05) is 12.3 Å². The SMILES string of the molecule is c1ccc(N2CCC3CCN(c4cc(C5CC5)ncn4)C3C2)nc1. The number of anilines is 2. The molecule has 24 heavy (non-hydrogen) atoms. The van der Waals surface area contributed by atoms with Gasteiger partial charge in [-0.05, 0) is 43.7 Å². The summed E-state index contributed by atoms with van der Waals surface area (Å²) in [6, 6.07) is 8.96. The summed E-state index contributed by atoms with van der Waals surface area (Å²) in [6.07, 6.45) is 8.75. The number of nitrogens with zero attached hydrogens (tertiary/aromatic N) is 5. The molecular weight excluding hydrogens is 298 g/mol. The number of aromatic nitrogens is 3. The molecule has 0 spiro atoms. The molecular formula is C19H23N5. The summed E-state index contributed by atoms with van der Waals surface area (Å²) in [4.78, 5) is 18.6. The van der Waals surface area contributed by atoms with Crippen LogP contribution >= 0.6 is 0 Å². The second-order valence-corrected chi connectivity index (χ2v) is 7.31. The number of hydrogen-bond donors (Lipinski definition) is 0. The second kappa shape index (κ2) is 5.72. The maximum absolute atomic E-state index is 4.60. The fourth-order valence-corrected chi connectivity index (χ4v) is 4.29. The van der Waals surface area contributed by atoms with Gasteiger partial charge in [0.15, 0.2) is 0 Å². The van der Waals surface area contributed by atoms with Gasteiger partial charge < -0.3 is 9.80 Å². The first-order valence-electron chi connectivity index (χ1n) is 9.13. The van der Waals surface area contributed by atoms with Gasteiger partial charge in [0.1, 0.15) is 18.0 Å². The van der Waals surface area contributed by atoms with Crippen molar-refractivity contribution in [2.75, 3.05) is 29.4 Å². The van der Waals surface area contributed by atoms with Gasteiger partial charge in [0, 0.05) is 43.5 Å². The van der Waals surface area contributed by atoms with E-state index in [0.29, 0.717) is 12.0 Å². The molecule has 0 radical (unpaired) electrons. The van der Waals surface area contributed by atoms with Crippen LogP contribution in [0.1, 0.15) is 37.3 Å². The zero-order chi connectivity index (χ0) is 15.9. The normalized spacial score (nSPS) is 26.5. The van der Waals surface area contributed by atoms with E-state index in [4.69, 9.17) is 0 Å². The van der Waals surface area contributed by atoms with E-state index in [0.717, 1.165) is 37.2 Å². The van der Waals surface area contributed by atoms with E-state index in [1.165, 1.54) is 31.4 Å². The van der Waals surface area contributed by atoms with Crippen molar-refractivity contribution in [1.82, 2.24) is 15.0 Å². The van der Waals surface area contributed by atoms with E-state index in [9.17, 15) is 0 Å². The Labute approximate surface area is 142 Å². The first kappa shape index (κ1) is 14.2. The highest BCUT2D eigenvalue weighted by Crippen LogP contribution is 2.41. The fraction of sp³-hybridized carbons (Fsp3) is 0.526. The third kappa shape index (κ3) is 2.52. The van der Waals surface area contributed by atoms with E-state index < -0.39 is 0 Å². The van der Waals surface area contributed by atoms with Crippen LogP contribution in [0.4, 0.5) is 11.6 Å². The topological polar surface area (TPSA) is 45.2 Å². The van der Waals surface area contributed by atoms with E-state index in [-0.39, 0.29) is 0 Å². The standard InChI is InChI=1S/C19H23N5/c1-2-8-20-18(3-1)23-9-6-15-7-10-24(17(15)12-23)19-11-16(14-4-5-14)21-13-22-19/h1-3,8,11,13-15,17H,4-7,9-10,12H2. The van der Waals surface area contributed by atoms with Crippen LogP contribution in [0.25, 0.3) is 0 Å². The molecule has 4 heterocycles. The quantitative estimate of drug-likeness (QED) is 0.870. The van der Waals surface area contributed by atoms with E-state index >= 15 is 0 Å². The molecule has 0 amide bonds. The Balaban J connectivity index is 1.39. The fourth-order valence-electron chi connectivity index (χ4n) is 4.29. The zero-order valence-electron chi connectivity index (χ0n) is 13.9. The lowest BCUT2D eigenvalue weighted by Gasteiger charge is -2.39. The summed E-state index contributed by atoms with van der Waals surface area (Å²) in [7, 11) is 0. The van der Waals surface area contributed by atoms with Crippen molar-refractivity contribution in [1.29, 1.82) is 0 Å². The molecule has 5 nitrogen and oxygen atoms in total. The third-order valence-corrected chi connectivity index (χ3v) is 5.80. The Bertz CT molecular complexity index is 715. The average Bonchev–Trinajstić information content (AvgIpc) is 3.42. The molecule has 0 aromatic carbocycles. The lowest BCUT2D eigenvalue weighted by Crippen LogP contribution is -2.48. The summed E-state index contributed by atoms with van der Waals surface area (Å²) in [5.41, 5.74) is 1.24. The van der Waals surface area contributed by atoms with Crippen LogP contribution in [-0.4, -0.2) is 40.6 Å². The molecule has 124 valence electrons. The van der Waals surface area contributed by atoms with Gasteiger partial charge in [0.2, 0.25) is 0 Å². The maximum Gasteiger partial charge on any atom is 0.132 e. The van der Waals surface area contributed by atoms with E-state index in [2.05, 4.69) is 43.0 Å². The third-order valence-electron chi connectivity index (χ3n) is 5.80. The minimum absolute atomic E-state index is 0.544. The summed E-state index contributed by atoms with van der Waals surface area (Å²) in [5.74, 6) is 3.69. The monoisotopic (exact) mass is 321 g/mol. The van der Waals surface area contributed by atoms with Gasteiger partial charge in [-0.25, -0.2) is 15.0 Å². The number of piperidine rings is 1. The molecule has 1 saturated carbocycles. The molecule has 2 aliphatic heterocycles. The molecule has 5 rings (SSSR count). The lowest BCUT2D eigenvalue weighted by molar-refractivity contribution is 0.388. The van der Waals surface area contributed by atoms with Crippen molar-refractivity contribution >= 4 is 11.6 Å². The van der Waals surface area contributed by atoms with Crippen molar-refractivity contribution in [3.8, 4) is 0 Å². The van der Waals surface area contributed by atoms with Crippen LogP contribution in [0, 0.1) is 5.92 Å². The van der Waals surface area contributed by atoms with Crippen LogP contribution in [-0.2, 0) is 0 Å². The van der Waals surface area contributed by atoms with Crippen LogP contribution in [0.5, 0.6) is 0 Å². The minimum Gasteiger partial charge on any atom is -0.355 e. The van der Waals surface area contributed by atoms with Gasteiger partial charge in [-0.2, -0.15) is 0 Å². The van der Waals surface area contributed by atoms with Crippen LogP contribution in [0.3, 0.4) is 0 Å².